The van der Waals surface area contributed by atoms with Gasteiger partial charge in [-0.1, -0.05) is 68.2 Å². The SMILES string of the molecule is CC[C@@H]1CN(C(C)(C)C(C)C)C[C@H]1C.CC[C@H]1CN(C(C)(C)C(C)C)C[C@@H]1C. The first-order valence-corrected chi connectivity index (χ1v) is 12.3. The first-order chi connectivity index (χ1) is 12.8. The van der Waals surface area contributed by atoms with Crippen molar-refractivity contribution in [2.45, 2.75) is 107 Å². The van der Waals surface area contributed by atoms with E-state index in [1.54, 1.807) is 0 Å². The van der Waals surface area contributed by atoms with Crippen molar-refractivity contribution in [2.75, 3.05) is 26.2 Å². The summed E-state index contributed by atoms with van der Waals surface area (Å²) in [5.74, 6) is 5.10. The average Bonchev–Trinajstić information content (AvgIpc) is 3.18. The molecule has 2 saturated heterocycles. The Morgan fingerprint density at radius 3 is 1.11 bits per heavy atom. The van der Waals surface area contributed by atoms with E-state index in [4.69, 9.17) is 0 Å². The Labute approximate surface area is 178 Å². The van der Waals surface area contributed by atoms with Gasteiger partial charge in [-0.25, -0.2) is 0 Å². The molecule has 0 spiro atoms. The van der Waals surface area contributed by atoms with E-state index in [1.165, 1.54) is 39.0 Å². The Bertz CT molecular complexity index is 409. The largest absolute Gasteiger partial charge is 0.297 e. The fourth-order valence-electron chi connectivity index (χ4n) is 4.80. The zero-order chi connectivity index (χ0) is 21.9. The van der Waals surface area contributed by atoms with Crippen molar-refractivity contribution in [3.8, 4) is 0 Å². The van der Waals surface area contributed by atoms with Gasteiger partial charge in [0.15, 0.2) is 0 Å². The lowest BCUT2D eigenvalue weighted by Crippen LogP contribution is -2.46. The molecule has 2 aliphatic heterocycles. The maximum atomic E-state index is 2.69. The van der Waals surface area contributed by atoms with Crippen LogP contribution < -0.4 is 0 Å². The second-order valence-corrected chi connectivity index (χ2v) is 11.7. The van der Waals surface area contributed by atoms with E-state index in [2.05, 4.69) is 92.9 Å². The van der Waals surface area contributed by atoms with E-state index in [-0.39, 0.29) is 0 Å². The highest BCUT2D eigenvalue weighted by Crippen LogP contribution is 2.35. The molecule has 2 aliphatic rings. The summed E-state index contributed by atoms with van der Waals surface area (Å²) >= 11 is 0. The van der Waals surface area contributed by atoms with Crippen LogP contribution in [0.2, 0.25) is 0 Å². The Morgan fingerprint density at radius 1 is 0.643 bits per heavy atom. The molecule has 2 heteroatoms. The topological polar surface area (TPSA) is 6.48 Å². The minimum absolute atomic E-state index is 0.373. The van der Waals surface area contributed by atoms with Crippen LogP contribution in [0.1, 0.15) is 95.9 Å². The second kappa shape index (κ2) is 10.3. The van der Waals surface area contributed by atoms with Gasteiger partial charge in [-0.15, -0.1) is 0 Å². The second-order valence-electron chi connectivity index (χ2n) is 11.7. The van der Waals surface area contributed by atoms with Gasteiger partial charge in [0, 0.05) is 37.3 Å². The molecule has 0 aliphatic carbocycles. The predicted octanol–water partition coefficient (Wildman–Crippen LogP) is 6.80. The van der Waals surface area contributed by atoms with Crippen molar-refractivity contribution in [1.29, 1.82) is 0 Å². The summed E-state index contributed by atoms with van der Waals surface area (Å²) in [6.45, 7) is 33.6. The summed E-state index contributed by atoms with van der Waals surface area (Å²) in [4.78, 5) is 5.38. The molecule has 2 heterocycles. The normalized spacial score (nSPS) is 30.2. The van der Waals surface area contributed by atoms with Crippen LogP contribution in [0.5, 0.6) is 0 Å². The van der Waals surface area contributed by atoms with Crippen molar-refractivity contribution in [3.63, 3.8) is 0 Å². The quantitative estimate of drug-likeness (QED) is 0.489. The Balaban J connectivity index is 0.000000280. The van der Waals surface area contributed by atoms with E-state index < -0.39 is 0 Å². The maximum absolute atomic E-state index is 2.69. The molecule has 0 aromatic heterocycles. The fraction of sp³-hybridized carbons (Fsp3) is 1.00. The van der Waals surface area contributed by atoms with E-state index in [1.807, 2.05) is 0 Å². The number of nitrogens with zero attached hydrogens (tertiary/aromatic N) is 2. The zero-order valence-electron chi connectivity index (χ0n) is 21.6. The maximum Gasteiger partial charge on any atom is 0.0176 e. The van der Waals surface area contributed by atoms with Crippen LogP contribution in [0.15, 0.2) is 0 Å². The molecule has 0 aromatic carbocycles. The molecule has 0 N–H and O–H groups in total. The number of rotatable bonds is 6. The van der Waals surface area contributed by atoms with Gasteiger partial charge >= 0.3 is 0 Å². The molecule has 2 rings (SSSR count). The molecular weight excluding hydrogens is 340 g/mol. The summed E-state index contributed by atoms with van der Waals surface area (Å²) in [6, 6.07) is 0. The highest BCUT2D eigenvalue weighted by molar-refractivity contribution is 4.93. The van der Waals surface area contributed by atoms with Crippen LogP contribution in [0.4, 0.5) is 0 Å². The van der Waals surface area contributed by atoms with Crippen LogP contribution in [0, 0.1) is 35.5 Å². The third kappa shape index (κ3) is 5.97. The van der Waals surface area contributed by atoms with Gasteiger partial charge in [0.1, 0.15) is 0 Å². The monoisotopic (exact) mass is 394 g/mol. The highest BCUT2D eigenvalue weighted by atomic mass is 15.2. The molecule has 0 bridgehead atoms. The van der Waals surface area contributed by atoms with Gasteiger partial charge in [-0.2, -0.15) is 0 Å². The highest BCUT2D eigenvalue weighted by Gasteiger charge is 2.39. The molecule has 0 amide bonds. The van der Waals surface area contributed by atoms with E-state index in [9.17, 15) is 0 Å². The predicted molar refractivity (Wildman–Crippen MR) is 127 cm³/mol. The molecule has 0 aromatic rings. The van der Waals surface area contributed by atoms with Gasteiger partial charge in [0.05, 0.1) is 0 Å². The fourth-order valence-corrected chi connectivity index (χ4v) is 4.80. The summed E-state index contributed by atoms with van der Waals surface area (Å²) in [6.07, 6.45) is 2.68. The molecular formula is C26H54N2. The van der Waals surface area contributed by atoms with Crippen molar-refractivity contribution in [3.05, 3.63) is 0 Å². The van der Waals surface area contributed by atoms with Crippen molar-refractivity contribution >= 4 is 0 Å². The van der Waals surface area contributed by atoms with Crippen molar-refractivity contribution < 1.29 is 0 Å². The van der Waals surface area contributed by atoms with Crippen molar-refractivity contribution in [1.82, 2.24) is 9.80 Å². The van der Waals surface area contributed by atoms with Crippen LogP contribution in [0.3, 0.4) is 0 Å². The van der Waals surface area contributed by atoms with E-state index in [0.29, 0.717) is 11.1 Å². The standard InChI is InChI=1S/2C13H27N/c2*1-7-12-9-14(8-11(12)4)13(5,6)10(2)3/h2*10-12H,7-9H2,1-6H3/t2*11-,12-/m10/s1. The van der Waals surface area contributed by atoms with Crippen LogP contribution in [-0.2, 0) is 0 Å². The third-order valence-corrected chi connectivity index (χ3v) is 9.04. The minimum Gasteiger partial charge on any atom is -0.297 e. The first-order valence-electron chi connectivity index (χ1n) is 12.3. The van der Waals surface area contributed by atoms with Crippen LogP contribution in [-0.4, -0.2) is 47.1 Å². The molecule has 2 fully saturated rings. The lowest BCUT2D eigenvalue weighted by molar-refractivity contribution is 0.0972. The van der Waals surface area contributed by atoms with Gasteiger partial charge in [-0.3, -0.25) is 9.80 Å². The Hall–Kier alpha value is -0.0800. The molecule has 0 radical (unpaired) electrons. The lowest BCUT2D eigenvalue weighted by atomic mass is 9.89. The van der Waals surface area contributed by atoms with Crippen molar-refractivity contribution in [2.24, 2.45) is 35.5 Å². The Kier molecular flexibility index (Phi) is 9.54. The molecule has 0 unspecified atom stereocenters. The molecule has 28 heavy (non-hydrogen) atoms. The van der Waals surface area contributed by atoms with Gasteiger partial charge < -0.3 is 0 Å². The summed E-state index contributed by atoms with van der Waals surface area (Å²) in [5, 5.41) is 0. The number of hydrogen-bond donors (Lipinski definition) is 0. The summed E-state index contributed by atoms with van der Waals surface area (Å²) in [7, 11) is 0. The van der Waals surface area contributed by atoms with Crippen LogP contribution >= 0.6 is 0 Å². The van der Waals surface area contributed by atoms with Gasteiger partial charge in [-0.05, 0) is 63.2 Å². The number of hydrogen-bond acceptors (Lipinski definition) is 2. The molecule has 0 saturated carbocycles. The number of likely N-dealkylation sites (tertiary alicyclic amines) is 2. The van der Waals surface area contributed by atoms with Gasteiger partial charge in [0.2, 0.25) is 0 Å². The molecule has 4 atom stereocenters. The van der Waals surface area contributed by atoms with Gasteiger partial charge in [0.25, 0.3) is 0 Å². The third-order valence-electron chi connectivity index (χ3n) is 9.04. The Morgan fingerprint density at radius 2 is 0.929 bits per heavy atom. The zero-order valence-corrected chi connectivity index (χ0v) is 21.6. The minimum atomic E-state index is 0.373. The molecule has 168 valence electrons. The average molecular weight is 395 g/mol. The van der Waals surface area contributed by atoms with E-state index >= 15 is 0 Å². The lowest BCUT2D eigenvalue weighted by Gasteiger charge is -2.39. The van der Waals surface area contributed by atoms with Crippen LogP contribution in [0.25, 0.3) is 0 Å². The summed E-state index contributed by atoms with van der Waals surface area (Å²) < 4.78 is 0. The first kappa shape index (κ1) is 26.0. The smallest absolute Gasteiger partial charge is 0.0176 e. The van der Waals surface area contributed by atoms with E-state index in [0.717, 1.165) is 35.5 Å². The molecule has 2 nitrogen and oxygen atoms in total. The summed E-state index contributed by atoms with van der Waals surface area (Å²) in [5.41, 5.74) is 0.746.